The van der Waals surface area contributed by atoms with E-state index < -0.39 is 28.2 Å². The molecule has 1 fully saturated rings. The summed E-state index contributed by atoms with van der Waals surface area (Å²) in [6, 6.07) is 10.6. The highest BCUT2D eigenvalue weighted by Crippen LogP contribution is 2.41. The van der Waals surface area contributed by atoms with Gasteiger partial charge in [0, 0.05) is 23.7 Å². The van der Waals surface area contributed by atoms with Crippen LogP contribution in [0.5, 0.6) is 5.75 Å². The molecule has 2 amide bonds. The first-order valence-corrected chi connectivity index (χ1v) is 9.52. The SMILES string of the molecule is COc1ccc(C2(CNC(=O)C(=O)Nc3ccc(F)c([N+](=O)[O-])c3)CCCC2)cc1. The van der Waals surface area contributed by atoms with Crippen molar-refractivity contribution in [1.82, 2.24) is 5.32 Å². The number of hydrogen-bond donors (Lipinski definition) is 2. The lowest BCUT2D eigenvalue weighted by molar-refractivity contribution is -0.387. The number of nitro benzene ring substituents is 1. The summed E-state index contributed by atoms with van der Waals surface area (Å²) < 4.78 is 18.6. The maximum atomic E-state index is 13.4. The second kappa shape index (κ2) is 8.89. The van der Waals surface area contributed by atoms with Gasteiger partial charge in [-0.1, -0.05) is 25.0 Å². The molecule has 1 aliphatic carbocycles. The topological polar surface area (TPSA) is 111 Å². The average Bonchev–Trinajstić information content (AvgIpc) is 3.23. The highest BCUT2D eigenvalue weighted by molar-refractivity contribution is 6.39. The Balaban J connectivity index is 1.66. The minimum Gasteiger partial charge on any atom is -0.497 e. The van der Waals surface area contributed by atoms with Crippen LogP contribution in [0.2, 0.25) is 0 Å². The summed E-state index contributed by atoms with van der Waals surface area (Å²) in [5.74, 6) is -2.12. The number of carbonyl (C=O) groups is 2. The van der Waals surface area contributed by atoms with Gasteiger partial charge in [0.2, 0.25) is 5.82 Å². The van der Waals surface area contributed by atoms with Crippen molar-refractivity contribution in [3.63, 3.8) is 0 Å². The molecule has 158 valence electrons. The van der Waals surface area contributed by atoms with E-state index in [1.165, 1.54) is 0 Å². The van der Waals surface area contributed by atoms with Crippen LogP contribution in [0.15, 0.2) is 42.5 Å². The van der Waals surface area contributed by atoms with Crippen LogP contribution in [0.25, 0.3) is 0 Å². The number of benzene rings is 2. The molecule has 0 aromatic heterocycles. The molecule has 1 saturated carbocycles. The molecular formula is C21H22FN3O5. The van der Waals surface area contributed by atoms with Gasteiger partial charge in [-0.15, -0.1) is 0 Å². The number of nitro groups is 1. The molecule has 0 bridgehead atoms. The lowest BCUT2D eigenvalue weighted by atomic mass is 9.78. The molecule has 2 aromatic carbocycles. The van der Waals surface area contributed by atoms with Crippen molar-refractivity contribution in [1.29, 1.82) is 0 Å². The summed E-state index contributed by atoms with van der Waals surface area (Å²) in [5.41, 5.74) is -0.0149. The molecule has 9 heteroatoms. The highest BCUT2D eigenvalue weighted by atomic mass is 19.1. The second-order valence-electron chi connectivity index (χ2n) is 7.28. The van der Waals surface area contributed by atoms with Gasteiger partial charge in [0.15, 0.2) is 0 Å². The molecule has 1 aliphatic rings. The van der Waals surface area contributed by atoms with Crippen LogP contribution in [0, 0.1) is 15.9 Å². The van der Waals surface area contributed by atoms with Crippen LogP contribution in [0.1, 0.15) is 31.2 Å². The number of halogens is 1. The number of carbonyl (C=O) groups excluding carboxylic acids is 2. The monoisotopic (exact) mass is 415 g/mol. The standard InChI is InChI=1S/C21H22FN3O5/c1-30-16-7-4-14(5-8-16)21(10-2-3-11-21)13-23-19(26)20(27)24-15-6-9-17(22)18(12-15)25(28)29/h4-9,12H,2-3,10-11,13H2,1H3,(H,23,26)(H,24,27). The Morgan fingerprint density at radius 2 is 1.80 bits per heavy atom. The third kappa shape index (κ3) is 4.56. The normalized spacial score (nSPS) is 14.7. The van der Waals surface area contributed by atoms with Crippen LogP contribution in [-0.2, 0) is 15.0 Å². The molecule has 0 radical (unpaired) electrons. The van der Waals surface area contributed by atoms with Crippen molar-refractivity contribution in [2.75, 3.05) is 19.0 Å². The number of nitrogens with zero attached hydrogens (tertiary/aromatic N) is 1. The zero-order valence-corrected chi connectivity index (χ0v) is 16.4. The predicted octanol–water partition coefficient (Wildman–Crippen LogP) is 3.31. The number of amides is 2. The Labute approximate surface area is 172 Å². The largest absolute Gasteiger partial charge is 0.497 e. The summed E-state index contributed by atoms with van der Waals surface area (Å²) in [4.78, 5) is 34.4. The quantitative estimate of drug-likeness (QED) is 0.427. The number of ether oxygens (including phenoxy) is 1. The smallest absolute Gasteiger partial charge is 0.313 e. The third-order valence-corrected chi connectivity index (χ3v) is 5.46. The van der Waals surface area contributed by atoms with E-state index in [1.807, 2.05) is 24.3 Å². The van der Waals surface area contributed by atoms with Crippen molar-refractivity contribution < 1.29 is 23.6 Å². The summed E-state index contributed by atoms with van der Waals surface area (Å²) in [7, 11) is 1.59. The summed E-state index contributed by atoms with van der Waals surface area (Å²) in [6.07, 6.45) is 3.80. The van der Waals surface area contributed by atoms with E-state index in [9.17, 15) is 24.1 Å². The van der Waals surface area contributed by atoms with E-state index in [0.717, 1.165) is 55.2 Å². The third-order valence-electron chi connectivity index (χ3n) is 5.46. The van der Waals surface area contributed by atoms with Crippen molar-refractivity contribution >= 4 is 23.2 Å². The van der Waals surface area contributed by atoms with Crippen molar-refractivity contribution in [2.45, 2.75) is 31.1 Å². The number of anilines is 1. The molecule has 0 aliphatic heterocycles. The lowest BCUT2D eigenvalue weighted by Gasteiger charge is -2.30. The van der Waals surface area contributed by atoms with Crippen molar-refractivity contribution in [2.24, 2.45) is 0 Å². The fourth-order valence-electron chi connectivity index (χ4n) is 3.81. The van der Waals surface area contributed by atoms with Gasteiger partial charge < -0.3 is 15.4 Å². The summed E-state index contributed by atoms with van der Waals surface area (Å²) >= 11 is 0. The minimum atomic E-state index is -1.02. The van der Waals surface area contributed by atoms with Gasteiger partial charge in [0.05, 0.1) is 12.0 Å². The van der Waals surface area contributed by atoms with Gasteiger partial charge in [-0.05, 0) is 42.7 Å². The zero-order chi connectivity index (χ0) is 21.7. The van der Waals surface area contributed by atoms with E-state index in [1.54, 1.807) is 7.11 Å². The minimum absolute atomic E-state index is 0.0333. The molecule has 0 unspecified atom stereocenters. The molecule has 2 N–H and O–H groups in total. The molecule has 0 heterocycles. The fraction of sp³-hybridized carbons (Fsp3) is 0.333. The van der Waals surface area contributed by atoms with Gasteiger partial charge in [0.1, 0.15) is 5.75 Å². The maximum Gasteiger partial charge on any atom is 0.313 e. The molecule has 3 rings (SSSR count). The molecule has 0 atom stereocenters. The van der Waals surface area contributed by atoms with Crippen LogP contribution in [-0.4, -0.2) is 30.4 Å². The second-order valence-corrected chi connectivity index (χ2v) is 7.28. The van der Waals surface area contributed by atoms with Gasteiger partial charge in [-0.3, -0.25) is 19.7 Å². The summed E-state index contributed by atoms with van der Waals surface area (Å²) in [6.45, 7) is 0.287. The van der Waals surface area contributed by atoms with E-state index in [2.05, 4.69) is 10.6 Å². The van der Waals surface area contributed by atoms with Crippen molar-refractivity contribution in [3.8, 4) is 5.75 Å². The number of methoxy groups -OCH3 is 1. The molecule has 8 nitrogen and oxygen atoms in total. The Kier molecular flexibility index (Phi) is 6.29. The van der Waals surface area contributed by atoms with Crippen LogP contribution in [0.4, 0.5) is 15.8 Å². The van der Waals surface area contributed by atoms with Crippen molar-refractivity contribution in [3.05, 3.63) is 64.0 Å². The molecule has 0 saturated heterocycles. The Bertz CT molecular complexity index is 956. The fourth-order valence-corrected chi connectivity index (χ4v) is 3.81. The average molecular weight is 415 g/mol. The first-order chi connectivity index (χ1) is 14.3. The Morgan fingerprint density at radius 3 is 2.40 bits per heavy atom. The summed E-state index contributed by atoms with van der Waals surface area (Å²) in [5, 5.41) is 15.8. The van der Waals surface area contributed by atoms with E-state index in [4.69, 9.17) is 4.74 Å². The first kappa shape index (κ1) is 21.2. The molecular weight excluding hydrogens is 393 g/mol. The molecule has 30 heavy (non-hydrogen) atoms. The first-order valence-electron chi connectivity index (χ1n) is 9.52. The van der Waals surface area contributed by atoms with Crippen LogP contribution in [0.3, 0.4) is 0 Å². The number of rotatable bonds is 6. The molecule has 2 aromatic rings. The zero-order valence-electron chi connectivity index (χ0n) is 16.4. The Hall–Kier alpha value is -3.49. The van der Waals surface area contributed by atoms with Gasteiger partial charge in [-0.25, -0.2) is 0 Å². The van der Waals surface area contributed by atoms with E-state index in [0.29, 0.717) is 0 Å². The molecule has 0 spiro atoms. The number of hydrogen-bond acceptors (Lipinski definition) is 5. The van der Waals surface area contributed by atoms with Gasteiger partial charge in [0.25, 0.3) is 0 Å². The van der Waals surface area contributed by atoms with E-state index in [-0.39, 0.29) is 17.6 Å². The van der Waals surface area contributed by atoms with Crippen LogP contribution < -0.4 is 15.4 Å². The predicted molar refractivity (Wildman–Crippen MR) is 108 cm³/mol. The highest BCUT2D eigenvalue weighted by Gasteiger charge is 2.36. The number of nitrogens with one attached hydrogen (secondary N) is 2. The Morgan fingerprint density at radius 1 is 1.13 bits per heavy atom. The van der Waals surface area contributed by atoms with Gasteiger partial charge in [-0.2, -0.15) is 4.39 Å². The van der Waals surface area contributed by atoms with Gasteiger partial charge >= 0.3 is 17.5 Å². The lowest BCUT2D eigenvalue weighted by Crippen LogP contribution is -2.43. The maximum absolute atomic E-state index is 13.4. The van der Waals surface area contributed by atoms with Crippen LogP contribution >= 0.6 is 0 Å². The van der Waals surface area contributed by atoms with E-state index >= 15 is 0 Å².